The van der Waals surface area contributed by atoms with Crippen LogP contribution in [0.2, 0.25) is 0 Å². The maximum absolute atomic E-state index is 13.0. The van der Waals surface area contributed by atoms with Crippen LogP contribution >= 0.6 is 0 Å². The lowest BCUT2D eigenvalue weighted by Gasteiger charge is -2.29. The third kappa shape index (κ3) is 3.74. The van der Waals surface area contributed by atoms with E-state index in [2.05, 4.69) is 9.88 Å². The zero-order valence-electron chi connectivity index (χ0n) is 17.4. The summed E-state index contributed by atoms with van der Waals surface area (Å²) in [6.45, 7) is 1.77. The second kappa shape index (κ2) is 8.28. The maximum atomic E-state index is 13.0. The SMILES string of the molecule is COC(=O)c1ccc(/C=C2\Oc3c(ccc4c3CN(Cc3ccncc3)CO4)C2=O)cc1. The predicted octanol–water partition coefficient (Wildman–Crippen LogP) is 3.84. The van der Waals surface area contributed by atoms with E-state index >= 15 is 0 Å². The van der Waals surface area contributed by atoms with Crippen molar-refractivity contribution in [3.63, 3.8) is 0 Å². The van der Waals surface area contributed by atoms with Gasteiger partial charge >= 0.3 is 5.97 Å². The summed E-state index contributed by atoms with van der Waals surface area (Å²) < 4.78 is 16.7. The molecule has 32 heavy (non-hydrogen) atoms. The van der Waals surface area contributed by atoms with Crippen LogP contribution in [0.3, 0.4) is 0 Å². The fourth-order valence-corrected chi connectivity index (χ4v) is 3.84. The van der Waals surface area contributed by atoms with Gasteiger partial charge in [0, 0.05) is 25.5 Å². The number of fused-ring (bicyclic) bond motifs is 3. The van der Waals surface area contributed by atoms with Crippen LogP contribution in [0.4, 0.5) is 0 Å². The number of hydrogen-bond donors (Lipinski definition) is 0. The molecule has 1 aromatic heterocycles. The number of ether oxygens (including phenoxy) is 3. The normalized spacial score (nSPS) is 16.2. The van der Waals surface area contributed by atoms with Gasteiger partial charge in [0.1, 0.15) is 18.2 Å². The van der Waals surface area contributed by atoms with Crippen molar-refractivity contribution in [1.82, 2.24) is 9.88 Å². The summed E-state index contributed by atoms with van der Waals surface area (Å²) in [7, 11) is 1.34. The molecule has 0 saturated carbocycles. The first-order valence-electron chi connectivity index (χ1n) is 10.1. The molecule has 0 saturated heterocycles. The fraction of sp³-hybridized carbons (Fsp3) is 0.160. The number of rotatable bonds is 4. The van der Waals surface area contributed by atoms with Gasteiger partial charge in [0.2, 0.25) is 5.78 Å². The number of nitrogens with zero attached hydrogens (tertiary/aromatic N) is 2. The van der Waals surface area contributed by atoms with Gasteiger partial charge in [0.05, 0.1) is 23.8 Å². The second-order valence-corrected chi connectivity index (χ2v) is 7.59. The zero-order chi connectivity index (χ0) is 22.1. The molecular weight excluding hydrogens is 408 g/mol. The first-order valence-corrected chi connectivity index (χ1v) is 10.1. The van der Waals surface area contributed by atoms with Crippen molar-refractivity contribution < 1.29 is 23.8 Å². The number of allylic oxidation sites excluding steroid dienone is 1. The van der Waals surface area contributed by atoms with E-state index in [0.29, 0.717) is 36.7 Å². The number of pyridine rings is 1. The molecule has 2 aromatic carbocycles. The molecule has 0 radical (unpaired) electrons. The molecule has 0 aliphatic carbocycles. The van der Waals surface area contributed by atoms with Crippen molar-refractivity contribution in [2.24, 2.45) is 0 Å². The minimum absolute atomic E-state index is 0.175. The van der Waals surface area contributed by atoms with E-state index in [1.807, 2.05) is 18.2 Å². The molecule has 3 aromatic rings. The fourth-order valence-electron chi connectivity index (χ4n) is 3.84. The third-order valence-electron chi connectivity index (χ3n) is 5.47. The smallest absolute Gasteiger partial charge is 0.337 e. The highest BCUT2D eigenvalue weighted by atomic mass is 16.5. The van der Waals surface area contributed by atoms with Crippen molar-refractivity contribution in [3.05, 3.63) is 94.5 Å². The topological polar surface area (TPSA) is 78.0 Å². The van der Waals surface area contributed by atoms with Gasteiger partial charge in [-0.15, -0.1) is 0 Å². The van der Waals surface area contributed by atoms with Crippen LogP contribution in [-0.4, -0.2) is 35.5 Å². The third-order valence-corrected chi connectivity index (χ3v) is 5.47. The van der Waals surface area contributed by atoms with E-state index in [-0.39, 0.29) is 11.5 Å². The number of methoxy groups -OCH3 is 1. The highest BCUT2D eigenvalue weighted by molar-refractivity contribution is 6.15. The van der Waals surface area contributed by atoms with E-state index in [4.69, 9.17) is 14.2 Å². The molecule has 0 unspecified atom stereocenters. The number of ketones is 1. The molecule has 0 N–H and O–H groups in total. The molecule has 2 aliphatic heterocycles. The average Bonchev–Trinajstić information content (AvgIpc) is 3.15. The lowest BCUT2D eigenvalue weighted by Crippen LogP contribution is -2.31. The molecule has 0 spiro atoms. The number of carbonyl (C=O) groups is 2. The molecular formula is C25H20N2O5. The van der Waals surface area contributed by atoms with Gasteiger partial charge in [0.15, 0.2) is 5.76 Å². The van der Waals surface area contributed by atoms with Crippen LogP contribution in [0, 0.1) is 0 Å². The molecule has 160 valence electrons. The Morgan fingerprint density at radius 3 is 2.66 bits per heavy atom. The number of Topliss-reactive ketones (excluding diaryl/α,β-unsaturated/α-hetero) is 1. The Labute approximate surface area is 184 Å². The summed E-state index contributed by atoms with van der Waals surface area (Å²) in [6.07, 6.45) is 5.21. The summed E-state index contributed by atoms with van der Waals surface area (Å²) in [5.74, 6) is 0.930. The minimum Gasteiger partial charge on any atom is -0.478 e. The van der Waals surface area contributed by atoms with Gasteiger partial charge in [-0.1, -0.05) is 12.1 Å². The quantitative estimate of drug-likeness (QED) is 0.462. The molecule has 7 heteroatoms. The van der Waals surface area contributed by atoms with Crippen LogP contribution in [0.5, 0.6) is 11.5 Å². The molecule has 3 heterocycles. The van der Waals surface area contributed by atoms with E-state index in [9.17, 15) is 9.59 Å². The van der Waals surface area contributed by atoms with Gasteiger partial charge in [-0.25, -0.2) is 4.79 Å². The average molecular weight is 428 g/mol. The molecule has 0 amide bonds. The van der Waals surface area contributed by atoms with Crippen LogP contribution in [0.25, 0.3) is 6.08 Å². The second-order valence-electron chi connectivity index (χ2n) is 7.59. The number of carbonyl (C=O) groups excluding carboxylic acids is 2. The molecule has 0 atom stereocenters. The predicted molar refractivity (Wildman–Crippen MR) is 116 cm³/mol. The number of esters is 1. The minimum atomic E-state index is -0.409. The summed E-state index contributed by atoms with van der Waals surface area (Å²) >= 11 is 0. The van der Waals surface area contributed by atoms with Crippen LogP contribution in [-0.2, 0) is 17.8 Å². The largest absolute Gasteiger partial charge is 0.478 e. The first kappa shape index (κ1) is 20.0. The van der Waals surface area contributed by atoms with E-state index in [1.54, 1.807) is 48.8 Å². The van der Waals surface area contributed by atoms with Gasteiger partial charge in [-0.2, -0.15) is 0 Å². The van der Waals surface area contributed by atoms with Gasteiger partial charge in [-0.05, 0) is 53.6 Å². The Morgan fingerprint density at radius 1 is 1.12 bits per heavy atom. The zero-order valence-corrected chi connectivity index (χ0v) is 17.4. The molecule has 0 fully saturated rings. The monoisotopic (exact) mass is 428 g/mol. The Kier molecular flexibility index (Phi) is 5.17. The van der Waals surface area contributed by atoms with Crippen molar-refractivity contribution in [2.45, 2.75) is 13.1 Å². The molecule has 7 nitrogen and oxygen atoms in total. The van der Waals surface area contributed by atoms with E-state index < -0.39 is 5.97 Å². The lowest BCUT2D eigenvalue weighted by atomic mass is 10.0. The maximum Gasteiger partial charge on any atom is 0.337 e. The van der Waals surface area contributed by atoms with Crippen molar-refractivity contribution in [2.75, 3.05) is 13.8 Å². The highest BCUT2D eigenvalue weighted by Crippen LogP contribution is 2.42. The van der Waals surface area contributed by atoms with Crippen LogP contribution in [0.1, 0.15) is 37.4 Å². The van der Waals surface area contributed by atoms with Gasteiger partial charge < -0.3 is 14.2 Å². The summed E-state index contributed by atoms with van der Waals surface area (Å²) in [5, 5.41) is 0. The van der Waals surface area contributed by atoms with E-state index in [1.165, 1.54) is 7.11 Å². The Bertz CT molecular complexity index is 1220. The van der Waals surface area contributed by atoms with Crippen LogP contribution < -0.4 is 9.47 Å². The standard InChI is InChI=1S/C25H20N2O5/c1-30-25(29)18-4-2-16(3-5-18)12-22-23(28)19-6-7-21-20(24(19)32-22)14-27(15-31-21)13-17-8-10-26-11-9-17/h2-12H,13-15H2,1H3/b22-12-. The number of hydrogen-bond acceptors (Lipinski definition) is 7. The molecule has 0 bridgehead atoms. The molecule has 2 aliphatic rings. The van der Waals surface area contributed by atoms with E-state index in [0.717, 1.165) is 22.4 Å². The Morgan fingerprint density at radius 2 is 1.91 bits per heavy atom. The van der Waals surface area contributed by atoms with Gasteiger partial charge in [0.25, 0.3) is 0 Å². The summed E-state index contributed by atoms with van der Waals surface area (Å²) in [5.41, 5.74) is 3.71. The lowest BCUT2D eigenvalue weighted by molar-refractivity contribution is 0.0600. The summed E-state index contributed by atoms with van der Waals surface area (Å²) in [4.78, 5) is 30.8. The van der Waals surface area contributed by atoms with Crippen molar-refractivity contribution in [1.29, 1.82) is 0 Å². The highest BCUT2D eigenvalue weighted by Gasteiger charge is 2.33. The number of benzene rings is 2. The van der Waals surface area contributed by atoms with Gasteiger partial charge in [-0.3, -0.25) is 14.7 Å². The Hall–Kier alpha value is -3.97. The molecule has 5 rings (SSSR count). The van der Waals surface area contributed by atoms with Crippen LogP contribution in [0.15, 0.2) is 66.7 Å². The van der Waals surface area contributed by atoms with Crippen molar-refractivity contribution in [3.8, 4) is 11.5 Å². The number of aromatic nitrogens is 1. The Balaban J connectivity index is 1.39. The first-order chi connectivity index (χ1) is 15.6. The summed E-state index contributed by atoms with van der Waals surface area (Å²) in [6, 6.07) is 14.3. The van der Waals surface area contributed by atoms with Crippen molar-refractivity contribution >= 4 is 17.8 Å².